The highest BCUT2D eigenvalue weighted by Crippen LogP contribution is 2.26. The van der Waals surface area contributed by atoms with Gasteiger partial charge in [-0.25, -0.2) is 0 Å². The molecule has 0 aliphatic rings. The summed E-state index contributed by atoms with van der Waals surface area (Å²) in [6.45, 7) is 8.66. The molecule has 0 N–H and O–H groups in total. The number of rotatable bonds is 3. The van der Waals surface area contributed by atoms with E-state index in [4.69, 9.17) is 28.6 Å². The highest BCUT2D eigenvalue weighted by atomic mass is 35.5. The molecular weight excluding hydrogens is 326 g/mol. The van der Waals surface area contributed by atoms with Crippen LogP contribution in [0.2, 0.25) is 5.02 Å². The third-order valence-electron chi connectivity index (χ3n) is 2.75. The number of thioether (sulfide) groups is 1. The maximum absolute atomic E-state index is 12.5. The lowest BCUT2D eigenvalue weighted by Gasteiger charge is -2.35. The molecule has 0 aromatic heterocycles. The van der Waals surface area contributed by atoms with Gasteiger partial charge in [0.2, 0.25) is 4.38 Å². The normalized spacial score (nSPS) is 11.1. The molecule has 21 heavy (non-hydrogen) atoms. The summed E-state index contributed by atoms with van der Waals surface area (Å²) in [6.07, 6.45) is 0. The van der Waals surface area contributed by atoms with Crippen LogP contribution in [0.3, 0.4) is 0 Å². The van der Waals surface area contributed by atoms with Crippen molar-refractivity contribution in [3.05, 3.63) is 34.9 Å². The van der Waals surface area contributed by atoms with Gasteiger partial charge in [0.1, 0.15) is 0 Å². The van der Waals surface area contributed by atoms with Gasteiger partial charge in [-0.1, -0.05) is 29.8 Å². The Morgan fingerprint density at radius 3 is 2.52 bits per heavy atom. The van der Waals surface area contributed by atoms with Crippen molar-refractivity contribution in [1.29, 1.82) is 0 Å². The predicted octanol–water partition coefficient (Wildman–Crippen LogP) is 5.12. The second kappa shape index (κ2) is 8.01. The fourth-order valence-corrected chi connectivity index (χ4v) is 2.94. The fourth-order valence-electron chi connectivity index (χ4n) is 1.65. The van der Waals surface area contributed by atoms with E-state index in [0.717, 1.165) is 17.3 Å². The van der Waals surface area contributed by atoms with E-state index in [1.807, 2.05) is 52.0 Å². The van der Waals surface area contributed by atoms with Crippen LogP contribution in [-0.2, 0) is 11.3 Å². The third-order valence-corrected chi connectivity index (χ3v) is 4.17. The van der Waals surface area contributed by atoms with Gasteiger partial charge >= 0.3 is 0 Å². The summed E-state index contributed by atoms with van der Waals surface area (Å²) in [5.74, 6) is 0. The highest BCUT2D eigenvalue weighted by Gasteiger charge is 2.28. The van der Waals surface area contributed by atoms with Gasteiger partial charge in [-0.05, 0) is 51.5 Å². The standard InChI is InChI=1S/C15H20ClNO2S2/c1-5-19-14(20)21-13(18)17(15(2,3)4)10-11-8-6-7-9-12(11)16/h6-9H,5,10H2,1-4H3. The van der Waals surface area contributed by atoms with Gasteiger partial charge in [-0.2, -0.15) is 0 Å². The number of halogens is 1. The zero-order valence-corrected chi connectivity index (χ0v) is 15.1. The van der Waals surface area contributed by atoms with Crippen LogP contribution in [0, 0.1) is 0 Å². The Morgan fingerprint density at radius 1 is 1.38 bits per heavy atom. The molecule has 0 spiro atoms. The molecule has 0 fully saturated rings. The van der Waals surface area contributed by atoms with Gasteiger partial charge < -0.3 is 9.64 Å². The first-order valence-electron chi connectivity index (χ1n) is 6.65. The van der Waals surface area contributed by atoms with Crippen molar-refractivity contribution >= 4 is 45.2 Å². The Bertz CT molecular complexity index is 515. The van der Waals surface area contributed by atoms with Crippen molar-refractivity contribution in [2.45, 2.75) is 39.8 Å². The minimum Gasteiger partial charge on any atom is -0.479 e. The topological polar surface area (TPSA) is 29.5 Å². The van der Waals surface area contributed by atoms with Crippen LogP contribution >= 0.6 is 35.6 Å². The van der Waals surface area contributed by atoms with Gasteiger partial charge in [0, 0.05) is 28.9 Å². The van der Waals surface area contributed by atoms with Crippen LogP contribution in [0.5, 0.6) is 0 Å². The second-order valence-corrected chi connectivity index (χ2v) is 7.36. The molecule has 0 radical (unpaired) electrons. The molecule has 3 nitrogen and oxygen atoms in total. The molecule has 1 aromatic carbocycles. The minimum absolute atomic E-state index is 0.138. The molecule has 1 aromatic rings. The molecule has 1 amide bonds. The summed E-state index contributed by atoms with van der Waals surface area (Å²) in [5, 5.41) is 0.512. The molecule has 0 aliphatic heterocycles. The van der Waals surface area contributed by atoms with E-state index in [1.165, 1.54) is 0 Å². The van der Waals surface area contributed by atoms with Crippen LogP contribution in [0.15, 0.2) is 24.3 Å². The Balaban J connectivity index is 2.89. The fraction of sp³-hybridized carbons (Fsp3) is 0.467. The first-order valence-corrected chi connectivity index (χ1v) is 8.25. The molecule has 6 heteroatoms. The average Bonchev–Trinajstić information content (AvgIpc) is 2.36. The van der Waals surface area contributed by atoms with Crippen molar-refractivity contribution in [1.82, 2.24) is 4.90 Å². The van der Waals surface area contributed by atoms with Gasteiger partial charge in [0.15, 0.2) is 0 Å². The van der Waals surface area contributed by atoms with Crippen molar-refractivity contribution < 1.29 is 9.53 Å². The van der Waals surface area contributed by atoms with E-state index in [-0.39, 0.29) is 15.2 Å². The lowest BCUT2D eigenvalue weighted by molar-refractivity contribution is 0.162. The minimum atomic E-state index is -0.342. The van der Waals surface area contributed by atoms with Crippen molar-refractivity contribution in [2.75, 3.05) is 6.61 Å². The zero-order valence-electron chi connectivity index (χ0n) is 12.7. The van der Waals surface area contributed by atoms with Crippen LogP contribution in [0.4, 0.5) is 4.79 Å². The SMILES string of the molecule is CCOC(=S)SC(=O)N(Cc1ccccc1Cl)C(C)(C)C. The lowest BCUT2D eigenvalue weighted by atomic mass is 10.1. The Morgan fingerprint density at radius 2 is 2.00 bits per heavy atom. The maximum Gasteiger partial charge on any atom is 0.290 e. The molecule has 0 atom stereocenters. The Kier molecular flexibility index (Phi) is 6.97. The molecule has 0 aliphatic carbocycles. The highest BCUT2D eigenvalue weighted by molar-refractivity contribution is 8.32. The van der Waals surface area contributed by atoms with E-state index in [9.17, 15) is 4.79 Å². The number of nitrogens with zero attached hydrogens (tertiary/aromatic N) is 1. The number of carbonyl (C=O) groups excluding carboxylic acids is 1. The molecule has 0 heterocycles. The quantitative estimate of drug-likeness (QED) is 0.711. The van der Waals surface area contributed by atoms with E-state index < -0.39 is 0 Å². The van der Waals surface area contributed by atoms with Gasteiger partial charge in [-0.15, -0.1) is 0 Å². The van der Waals surface area contributed by atoms with Crippen LogP contribution in [0.1, 0.15) is 33.3 Å². The number of amides is 1. The largest absolute Gasteiger partial charge is 0.479 e. The maximum atomic E-state index is 12.5. The smallest absolute Gasteiger partial charge is 0.290 e. The van der Waals surface area contributed by atoms with Gasteiger partial charge in [0.05, 0.1) is 6.61 Å². The van der Waals surface area contributed by atoms with Crippen molar-refractivity contribution in [3.63, 3.8) is 0 Å². The van der Waals surface area contributed by atoms with E-state index in [1.54, 1.807) is 4.90 Å². The molecular formula is C15H20ClNO2S2. The van der Waals surface area contributed by atoms with E-state index in [2.05, 4.69) is 0 Å². The molecule has 0 bridgehead atoms. The zero-order chi connectivity index (χ0) is 16.0. The van der Waals surface area contributed by atoms with Crippen LogP contribution in [-0.4, -0.2) is 26.7 Å². The Labute approximate surface area is 141 Å². The number of hydrogen-bond donors (Lipinski definition) is 0. The number of hydrogen-bond acceptors (Lipinski definition) is 4. The summed E-state index contributed by atoms with van der Waals surface area (Å²) in [6, 6.07) is 7.51. The first kappa shape index (κ1) is 18.3. The average molecular weight is 346 g/mol. The number of benzene rings is 1. The van der Waals surface area contributed by atoms with Crippen molar-refractivity contribution in [2.24, 2.45) is 0 Å². The lowest BCUT2D eigenvalue weighted by Crippen LogP contribution is -2.43. The monoisotopic (exact) mass is 345 g/mol. The molecule has 116 valence electrons. The molecule has 0 saturated carbocycles. The van der Waals surface area contributed by atoms with Gasteiger partial charge in [0.25, 0.3) is 5.24 Å². The molecule has 0 saturated heterocycles. The van der Waals surface area contributed by atoms with Crippen molar-refractivity contribution in [3.8, 4) is 0 Å². The van der Waals surface area contributed by atoms with Gasteiger partial charge in [-0.3, -0.25) is 4.79 Å². The first-order chi connectivity index (χ1) is 9.75. The molecule has 0 unspecified atom stereocenters. The summed E-state index contributed by atoms with van der Waals surface area (Å²) < 4.78 is 5.42. The summed E-state index contributed by atoms with van der Waals surface area (Å²) >= 11 is 12.1. The summed E-state index contributed by atoms with van der Waals surface area (Å²) in [5.41, 5.74) is 0.566. The van der Waals surface area contributed by atoms with Crippen LogP contribution < -0.4 is 0 Å². The third kappa shape index (κ3) is 5.85. The summed E-state index contributed by atoms with van der Waals surface area (Å²) in [7, 11) is 0. The number of ether oxygens (including phenoxy) is 1. The number of carbonyl (C=O) groups is 1. The predicted molar refractivity (Wildman–Crippen MR) is 94.0 cm³/mol. The molecule has 1 rings (SSSR count). The van der Waals surface area contributed by atoms with Crippen LogP contribution in [0.25, 0.3) is 0 Å². The Hall–Kier alpha value is -0.780. The second-order valence-electron chi connectivity index (χ2n) is 5.40. The van der Waals surface area contributed by atoms with E-state index in [0.29, 0.717) is 18.2 Å². The van der Waals surface area contributed by atoms with E-state index >= 15 is 0 Å². The summed E-state index contributed by atoms with van der Waals surface area (Å²) in [4.78, 5) is 14.2. The number of thiocarbonyl (C=S) groups is 1.